The van der Waals surface area contributed by atoms with Gasteiger partial charge in [0, 0.05) is 17.7 Å². The van der Waals surface area contributed by atoms with Crippen molar-refractivity contribution in [2.75, 3.05) is 5.32 Å². The average Bonchev–Trinajstić information content (AvgIpc) is 2.47. The maximum Gasteiger partial charge on any atom is 0.172 e. The number of anilines is 1. The summed E-state index contributed by atoms with van der Waals surface area (Å²) >= 11 is 5.49. The Morgan fingerprint density at radius 1 is 1.25 bits per heavy atom. The van der Waals surface area contributed by atoms with E-state index in [9.17, 15) is 0 Å². The van der Waals surface area contributed by atoms with Crippen LogP contribution in [0, 0.1) is 13.8 Å². The molecular weight excluding hydrogens is 318 g/mol. The van der Waals surface area contributed by atoms with Crippen LogP contribution in [0.15, 0.2) is 36.4 Å². The summed E-state index contributed by atoms with van der Waals surface area (Å²) in [7, 11) is 0. The van der Waals surface area contributed by atoms with Crippen LogP contribution in [-0.2, 0) is 0 Å². The lowest BCUT2D eigenvalue weighted by Crippen LogP contribution is -2.42. The lowest BCUT2D eigenvalue weighted by molar-refractivity contribution is 0.0696. The highest BCUT2D eigenvalue weighted by Gasteiger charge is 2.34. The van der Waals surface area contributed by atoms with Gasteiger partial charge in [-0.15, -0.1) is 0 Å². The summed E-state index contributed by atoms with van der Waals surface area (Å²) in [6, 6.07) is 12.2. The molecule has 0 aliphatic carbocycles. The monoisotopic (exact) mass is 341 g/mol. The molecule has 3 rings (SSSR count). The molecule has 126 valence electrons. The SMILES string of the molecule is Cc1ccc2c(c1)C(NC(=S)Nc1cccc(C)n1)CC(C)(C)O2. The van der Waals surface area contributed by atoms with Crippen LogP contribution in [0.4, 0.5) is 5.82 Å². The molecule has 1 atom stereocenters. The zero-order valence-corrected chi connectivity index (χ0v) is 15.3. The van der Waals surface area contributed by atoms with Crippen LogP contribution < -0.4 is 15.4 Å². The summed E-state index contributed by atoms with van der Waals surface area (Å²) in [6.07, 6.45) is 0.840. The molecule has 0 radical (unpaired) electrons. The Kier molecular flexibility index (Phi) is 4.45. The first-order chi connectivity index (χ1) is 11.3. The topological polar surface area (TPSA) is 46.2 Å². The van der Waals surface area contributed by atoms with Crippen LogP contribution in [0.5, 0.6) is 5.75 Å². The fourth-order valence-corrected chi connectivity index (χ4v) is 3.27. The van der Waals surface area contributed by atoms with Gasteiger partial charge in [0.05, 0.1) is 6.04 Å². The predicted octanol–water partition coefficient (Wildman–Crippen LogP) is 4.29. The first-order valence-corrected chi connectivity index (χ1v) is 8.54. The van der Waals surface area contributed by atoms with Crippen molar-refractivity contribution in [3.63, 3.8) is 0 Å². The first kappa shape index (κ1) is 16.7. The number of pyridine rings is 1. The average molecular weight is 341 g/mol. The fraction of sp³-hybridized carbons (Fsp3) is 0.368. The third kappa shape index (κ3) is 3.85. The summed E-state index contributed by atoms with van der Waals surface area (Å²) in [5.74, 6) is 1.68. The van der Waals surface area contributed by atoms with E-state index >= 15 is 0 Å². The van der Waals surface area contributed by atoms with Crippen molar-refractivity contribution in [1.82, 2.24) is 10.3 Å². The van der Waals surface area contributed by atoms with E-state index in [0.717, 1.165) is 29.2 Å². The van der Waals surface area contributed by atoms with Gasteiger partial charge in [-0.05, 0) is 58.1 Å². The summed E-state index contributed by atoms with van der Waals surface area (Å²) in [5, 5.41) is 7.17. The zero-order valence-electron chi connectivity index (χ0n) is 14.5. The Morgan fingerprint density at radius 2 is 2.04 bits per heavy atom. The Hall–Kier alpha value is -2.14. The van der Waals surface area contributed by atoms with Crippen LogP contribution in [0.2, 0.25) is 0 Å². The number of fused-ring (bicyclic) bond motifs is 1. The fourth-order valence-electron chi connectivity index (χ4n) is 3.03. The molecule has 1 aromatic heterocycles. The normalized spacial score (nSPS) is 18.2. The molecule has 0 bridgehead atoms. The van der Waals surface area contributed by atoms with Crippen LogP contribution in [0.1, 0.15) is 43.1 Å². The van der Waals surface area contributed by atoms with E-state index in [4.69, 9.17) is 17.0 Å². The van der Waals surface area contributed by atoms with Crippen molar-refractivity contribution < 1.29 is 4.74 Å². The Morgan fingerprint density at radius 3 is 2.79 bits per heavy atom. The molecule has 0 saturated carbocycles. The zero-order chi connectivity index (χ0) is 17.3. The molecule has 1 aromatic carbocycles. The molecule has 1 unspecified atom stereocenters. The highest BCUT2D eigenvalue weighted by Crippen LogP contribution is 2.39. The minimum atomic E-state index is -0.239. The van der Waals surface area contributed by atoms with E-state index in [2.05, 4.69) is 48.5 Å². The van der Waals surface area contributed by atoms with Gasteiger partial charge in [0.2, 0.25) is 0 Å². The summed E-state index contributed by atoms with van der Waals surface area (Å²) in [5.41, 5.74) is 3.08. The Labute approximate surface area is 148 Å². The Balaban J connectivity index is 1.79. The van der Waals surface area contributed by atoms with Gasteiger partial charge in [-0.3, -0.25) is 0 Å². The molecule has 1 aliphatic rings. The molecule has 0 amide bonds. The lowest BCUT2D eigenvalue weighted by Gasteiger charge is -2.38. The van der Waals surface area contributed by atoms with Crippen LogP contribution in [0.3, 0.4) is 0 Å². The third-order valence-electron chi connectivity index (χ3n) is 4.06. The van der Waals surface area contributed by atoms with Gasteiger partial charge >= 0.3 is 0 Å². The Bertz CT molecular complexity index is 773. The highest BCUT2D eigenvalue weighted by atomic mass is 32.1. The molecule has 4 nitrogen and oxygen atoms in total. The number of thiocarbonyl (C=S) groups is 1. The van der Waals surface area contributed by atoms with E-state index in [0.29, 0.717) is 5.11 Å². The van der Waals surface area contributed by atoms with Crippen molar-refractivity contribution in [3.05, 3.63) is 53.2 Å². The highest BCUT2D eigenvalue weighted by molar-refractivity contribution is 7.80. The molecule has 0 spiro atoms. The second-order valence-corrected chi connectivity index (χ2v) is 7.33. The van der Waals surface area contributed by atoms with Gasteiger partial charge in [-0.25, -0.2) is 4.98 Å². The van der Waals surface area contributed by atoms with E-state index in [1.807, 2.05) is 31.2 Å². The molecule has 1 aliphatic heterocycles. The second kappa shape index (κ2) is 6.40. The minimum absolute atomic E-state index is 0.105. The van der Waals surface area contributed by atoms with Crippen LogP contribution >= 0.6 is 12.2 Å². The number of aromatic nitrogens is 1. The van der Waals surface area contributed by atoms with Gasteiger partial charge in [0.15, 0.2) is 5.11 Å². The smallest absolute Gasteiger partial charge is 0.172 e. The van der Waals surface area contributed by atoms with E-state index in [1.165, 1.54) is 5.56 Å². The second-order valence-electron chi connectivity index (χ2n) is 6.92. The molecule has 2 heterocycles. The summed E-state index contributed by atoms with van der Waals surface area (Å²) < 4.78 is 6.10. The lowest BCUT2D eigenvalue weighted by atomic mass is 9.89. The van der Waals surface area contributed by atoms with Gasteiger partial charge in [0.25, 0.3) is 0 Å². The standard InChI is InChI=1S/C19H23N3OS/c1-12-8-9-16-14(10-12)15(11-19(3,4)23-16)21-18(24)22-17-7-5-6-13(2)20-17/h5-10,15H,11H2,1-4H3,(H2,20,21,22,24). The van der Waals surface area contributed by atoms with Gasteiger partial charge in [0.1, 0.15) is 17.2 Å². The molecular formula is C19H23N3OS. The summed E-state index contributed by atoms with van der Waals surface area (Å²) in [6.45, 7) is 8.25. The quantitative estimate of drug-likeness (QED) is 0.798. The molecule has 2 aromatic rings. The van der Waals surface area contributed by atoms with E-state index < -0.39 is 0 Å². The van der Waals surface area contributed by atoms with Gasteiger partial charge in [-0.1, -0.05) is 23.8 Å². The van der Waals surface area contributed by atoms with Crippen LogP contribution in [-0.4, -0.2) is 15.7 Å². The number of hydrogen-bond acceptors (Lipinski definition) is 3. The maximum absolute atomic E-state index is 6.10. The molecule has 24 heavy (non-hydrogen) atoms. The number of nitrogens with one attached hydrogen (secondary N) is 2. The van der Waals surface area contributed by atoms with E-state index in [-0.39, 0.29) is 11.6 Å². The number of aryl methyl sites for hydroxylation is 2. The van der Waals surface area contributed by atoms with E-state index in [1.54, 1.807) is 0 Å². The van der Waals surface area contributed by atoms with Crippen molar-refractivity contribution >= 4 is 23.1 Å². The van der Waals surface area contributed by atoms with Gasteiger partial charge in [-0.2, -0.15) is 0 Å². The first-order valence-electron chi connectivity index (χ1n) is 8.13. The predicted molar refractivity (Wildman–Crippen MR) is 102 cm³/mol. The molecule has 5 heteroatoms. The number of benzene rings is 1. The minimum Gasteiger partial charge on any atom is -0.487 e. The van der Waals surface area contributed by atoms with Gasteiger partial charge < -0.3 is 15.4 Å². The van der Waals surface area contributed by atoms with Crippen molar-refractivity contribution in [3.8, 4) is 5.75 Å². The number of ether oxygens (including phenoxy) is 1. The number of hydrogen-bond donors (Lipinski definition) is 2. The maximum atomic E-state index is 6.10. The van der Waals surface area contributed by atoms with Crippen molar-refractivity contribution in [2.45, 2.75) is 45.8 Å². The third-order valence-corrected chi connectivity index (χ3v) is 4.28. The summed E-state index contributed by atoms with van der Waals surface area (Å²) in [4.78, 5) is 4.43. The molecule has 0 fully saturated rings. The largest absolute Gasteiger partial charge is 0.487 e. The van der Waals surface area contributed by atoms with Crippen molar-refractivity contribution in [1.29, 1.82) is 0 Å². The number of rotatable bonds is 2. The van der Waals surface area contributed by atoms with Crippen molar-refractivity contribution in [2.24, 2.45) is 0 Å². The van der Waals surface area contributed by atoms with Crippen LogP contribution in [0.25, 0.3) is 0 Å². The number of nitrogens with zero attached hydrogens (tertiary/aromatic N) is 1. The molecule has 0 saturated heterocycles. The molecule has 2 N–H and O–H groups in total.